The molecule has 0 atom stereocenters. The van der Waals surface area contributed by atoms with Gasteiger partial charge in [-0.2, -0.15) is 0 Å². The first-order valence-electron chi connectivity index (χ1n) is 16.6. The number of hydrogen-bond donors (Lipinski definition) is 1. The lowest BCUT2D eigenvalue weighted by atomic mass is 10.0. The molecule has 0 aromatic heterocycles. The van der Waals surface area contributed by atoms with E-state index in [4.69, 9.17) is 8.85 Å². The Bertz CT molecular complexity index is 1110. The molecule has 0 spiro atoms. The van der Waals surface area contributed by atoms with E-state index in [1.807, 2.05) is 12.1 Å². The number of aryl methyl sites for hydroxylation is 1. The van der Waals surface area contributed by atoms with E-state index in [9.17, 15) is 9.90 Å². The third kappa shape index (κ3) is 10.1. The van der Waals surface area contributed by atoms with Crippen LogP contribution < -0.4 is 8.85 Å². The highest BCUT2D eigenvalue weighted by molar-refractivity contribution is 6.75. The summed E-state index contributed by atoms with van der Waals surface area (Å²) in [6.45, 7) is 29.5. The van der Waals surface area contributed by atoms with Gasteiger partial charge in [0, 0.05) is 10.8 Å². The highest BCUT2D eigenvalue weighted by Gasteiger charge is 2.42. The van der Waals surface area contributed by atoms with Crippen LogP contribution in [0.25, 0.3) is 10.8 Å². The molecule has 42 heavy (non-hydrogen) atoms. The maximum atomic E-state index is 13.0. The molecule has 6 heteroatoms. The van der Waals surface area contributed by atoms with Crippen LogP contribution in [0, 0.1) is 42.4 Å². The summed E-state index contributed by atoms with van der Waals surface area (Å²) in [6.07, 6.45) is 0. The lowest BCUT2D eigenvalue weighted by Gasteiger charge is -2.39. The van der Waals surface area contributed by atoms with Crippen LogP contribution in [0.1, 0.15) is 99.0 Å². The molecule has 0 aliphatic carbocycles. The minimum Gasteiger partial charge on any atom is -0.543 e. The molecule has 1 N–H and O–H groups in total. The monoisotopic (exact) mass is 614 g/mol. The smallest absolute Gasteiger partial charge is 0.339 e. The van der Waals surface area contributed by atoms with Crippen LogP contribution in [0.2, 0.25) is 36.3 Å². The predicted molar refractivity (Wildman–Crippen MR) is 186 cm³/mol. The van der Waals surface area contributed by atoms with Crippen molar-refractivity contribution < 1.29 is 18.8 Å². The van der Waals surface area contributed by atoms with Crippen molar-refractivity contribution in [1.29, 1.82) is 0 Å². The van der Waals surface area contributed by atoms with Gasteiger partial charge in [0.15, 0.2) is 0 Å². The Hall–Kier alpha value is -1.80. The molecule has 0 fully saturated rings. The number of hydrogen-bond acceptors (Lipinski definition) is 3. The molecule has 0 saturated heterocycles. The van der Waals surface area contributed by atoms with Gasteiger partial charge in [-0.25, -0.2) is 4.79 Å². The molecule has 0 aliphatic rings. The normalized spacial score (nSPS) is 13.0. The molecule has 2 aromatic rings. The Kier molecular flexibility index (Phi) is 13.2. The average molecular weight is 615 g/mol. The van der Waals surface area contributed by atoms with Crippen molar-refractivity contribution in [3.8, 4) is 11.5 Å². The van der Waals surface area contributed by atoms with Gasteiger partial charge in [-0.3, -0.25) is 0 Å². The standard InChI is InChI=1S/C36H62O4Si2/c1-24(2)18-41(19-25(3)4,20-26(5)6)39-33-17-32(36(37)38)35(31-16-14-15-30(13)34(31)33)40-42(21-27(7)8,22-28(9)10)23-29(11)12/h14-17,24-29H,18-23H2,1-13H3,(H,37,38). The molecule has 238 valence electrons. The van der Waals surface area contributed by atoms with Gasteiger partial charge in [0.25, 0.3) is 16.6 Å². The zero-order valence-corrected chi connectivity index (χ0v) is 31.2. The van der Waals surface area contributed by atoms with Crippen LogP contribution in [0.15, 0.2) is 24.3 Å². The Morgan fingerprint density at radius 3 is 1.40 bits per heavy atom. The Labute approximate surface area is 260 Å². The summed E-state index contributed by atoms with van der Waals surface area (Å²) in [5.41, 5.74) is 1.35. The number of carboxylic acid groups (broad SMARTS) is 1. The van der Waals surface area contributed by atoms with E-state index in [-0.39, 0.29) is 5.56 Å². The van der Waals surface area contributed by atoms with Crippen molar-refractivity contribution in [2.45, 2.75) is 126 Å². The van der Waals surface area contributed by atoms with Gasteiger partial charge < -0.3 is 14.0 Å². The van der Waals surface area contributed by atoms with Crippen molar-refractivity contribution in [3.63, 3.8) is 0 Å². The summed E-state index contributed by atoms with van der Waals surface area (Å²) >= 11 is 0. The van der Waals surface area contributed by atoms with E-state index in [0.717, 1.165) is 58.3 Å². The van der Waals surface area contributed by atoms with Crippen LogP contribution in [0.5, 0.6) is 11.5 Å². The second-order valence-electron chi connectivity index (χ2n) is 15.7. The van der Waals surface area contributed by atoms with E-state index < -0.39 is 22.6 Å². The minimum absolute atomic E-state index is 0.248. The Balaban J connectivity index is 2.93. The van der Waals surface area contributed by atoms with Gasteiger partial charge in [-0.05, 0) is 90.3 Å². The second kappa shape index (κ2) is 15.3. The molecule has 2 rings (SSSR count). The first-order valence-corrected chi connectivity index (χ1v) is 21.6. The molecular formula is C36H62O4Si2. The quantitative estimate of drug-likeness (QED) is 0.180. The predicted octanol–water partition coefficient (Wildman–Crippen LogP) is 11.4. The largest absolute Gasteiger partial charge is 0.543 e. The van der Waals surface area contributed by atoms with Crippen molar-refractivity contribution in [1.82, 2.24) is 0 Å². The van der Waals surface area contributed by atoms with Gasteiger partial charge in [-0.1, -0.05) is 101 Å². The highest BCUT2D eigenvalue weighted by Crippen LogP contribution is 2.45. The van der Waals surface area contributed by atoms with Gasteiger partial charge in [0.2, 0.25) is 0 Å². The highest BCUT2D eigenvalue weighted by atomic mass is 28.4. The van der Waals surface area contributed by atoms with E-state index in [1.54, 1.807) is 0 Å². The summed E-state index contributed by atoms with van der Waals surface area (Å²) in [7, 11) is -4.64. The fraction of sp³-hybridized carbons (Fsp3) is 0.694. The first kappa shape index (κ1) is 36.4. The summed E-state index contributed by atoms with van der Waals surface area (Å²) in [6, 6.07) is 14.3. The third-order valence-corrected chi connectivity index (χ3v) is 18.5. The van der Waals surface area contributed by atoms with E-state index in [1.165, 1.54) is 0 Å². The molecule has 4 nitrogen and oxygen atoms in total. The van der Waals surface area contributed by atoms with Gasteiger partial charge in [-0.15, -0.1) is 0 Å². The molecule has 0 radical (unpaired) electrons. The molecule has 0 aliphatic heterocycles. The zero-order chi connectivity index (χ0) is 32.0. The fourth-order valence-corrected chi connectivity index (χ4v) is 19.3. The number of benzene rings is 2. The zero-order valence-electron chi connectivity index (χ0n) is 29.2. The number of carbonyl (C=O) groups is 1. The summed E-state index contributed by atoms with van der Waals surface area (Å²) in [5, 5.41) is 12.6. The molecule has 0 heterocycles. The van der Waals surface area contributed by atoms with Crippen LogP contribution >= 0.6 is 0 Å². The number of fused-ring (bicyclic) bond motifs is 1. The molecule has 0 saturated carbocycles. The fourth-order valence-electron chi connectivity index (χ4n) is 7.61. The summed E-state index contributed by atoms with van der Waals surface area (Å²) in [4.78, 5) is 13.0. The summed E-state index contributed by atoms with van der Waals surface area (Å²) in [5.74, 6) is 3.33. The summed E-state index contributed by atoms with van der Waals surface area (Å²) < 4.78 is 14.6. The average Bonchev–Trinajstić information content (AvgIpc) is 2.77. The molecule has 0 bridgehead atoms. The van der Waals surface area contributed by atoms with Crippen LogP contribution in [-0.2, 0) is 0 Å². The SMILES string of the molecule is Cc1cccc2c(O[Si](CC(C)C)(CC(C)C)CC(C)C)c(C(=O)O)cc(O[Si](CC(C)C)(CC(C)C)CC(C)C)c12. The topological polar surface area (TPSA) is 55.8 Å². The maximum Gasteiger partial charge on any atom is 0.339 e. The first-order chi connectivity index (χ1) is 19.4. The number of carboxylic acids is 1. The third-order valence-electron chi connectivity index (χ3n) is 7.84. The van der Waals surface area contributed by atoms with E-state index in [2.05, 4.69) is 102 Å². The van der Waals surface area contributed by atoms with Gasteiger partial charge in [0.05, 0.1) is 0 Å². The number of aromatic carboxylic acids is 1. The minimum atomic E-state index is -2.36. The van der Waals surface area contributed by atoms with Crippen molar-refractivity contribution >= 4 is 33.4 Å². The van der Waals surface area contributed by atoms with E-state index >= 15 is 0 Å². The second-order valence-corrected chi connectivity index (χ2v) is 23.3. The molecular weight excluding hydrogens is 553 g/mol. The lowest BCUT2D eigenvalue weighted by molar-refractivity contribution is 0.0694. The molecule has 2 aromatic carbocycles. The Morgan fingerprint density at radius 2 is 1.05 bits per heavy atom. The van der Waals surface area contributed by atoms with Gasteiger partial charge >= 0.3 is 5.97 Å². The lowest BCUT2D eigenvalue weighted by Crippen LogP contribution is -2.46. The van der Waals surface area contributed by atoms with Crippen molar-refractivity contribution in [2.24, 2.45) is 35.5 Å². The Morgan fingerprint density at radius 1 is 0.667 bits per heavy atom. The van der Waals surface area contributed by atoms with Crippen LogP contribution in [-0.4, -0.2) is 27.7 Å². The maximum absolute atomic E-state index is 13.0. The number of rotatable bonds is 17. The van der Waals surface area contributed by atoms with Crippen molar-refractivity contribution in [2.75, 3.05) is 0 Å². The van der Waals surface area contributed by atoms with Gasteiger partial charge in [0.1, 0.15) is 17.1 Å². The van der Waals surface area contributed by atoms with E-state index in [0.29, 0.717) is 41.3 Å². The van der Waals surface area contributed by atoms with Crippen LogP contribution in [0.4, 0.5) is 0 Å². The molecule has 0 amide bonds. The van der Waals surface area contributed by atoms with Crippen LogP contribution in [0.3, 0.4) is 0 Å². The van der Waals surface area contributed by atoms with Crippen molar-refractivity contribution in [3.05, 3.63) is 35.4 Å². The molecule has 0 unspecified atom stereocenters.